The second-order valence-corrected chi connectivity index (χ2v) is 6.60. The molecule has 0 radical (unpaired) electrons. The number of hydrogen-bond acceptors (Lipinski definition) is 3. The number of halogens is 4. The van der Waals surface area contributed by atoms with Crippen molar-refractivity contribution in [2.24, 2.45) is 0 Å². The zero-order chi connectivity index (χ0) is 19.2. The Kier molecular flexibility index (Phi) is 4.32. The summed E-state index contributed by atoms with van der Waals surface area (Å²) in [6.07, 6.45) is 1.80. The largest absolute Gasteiger partial charge is 0.406 e. The molecule has 0 spiro atoms. The van der Waals surface area contributed by atoms with Crippen molar-refractivity contribution < 1.29 is 18.3 Å². The van der Waals surface area contributed by atoms with Crippen LogP contribution in [0, 0.1) is 0 Å². The van der Waals surface area contributed by atoms with Gasteiger partial charge in [0.15, 0.2) is 0 Å². The van der Waals surface area contributed by atoms with Gasteiger partial charge < -0.3 is 9.67 Å². The van der Waals surface area contributed by atoms with E-state index in [0.29, 0.717) is 44.5 Å². The van der Waals surface area contributed by atoms with E-state index in [9.17, 15) is 13.2 Å². The van der Waals surface area contributed by atoms with E-state index in [4.69, 9.17) is 16.7 Å². The molecule has 140 valence electrons. The Morgan fingerprint density at radius 1 is 1.15 bits per heavy atom. The summed E-state index contributed by atoms with van der Waals surface area (Å²) in [6, 6.07) is 4.97. The first-order valence-electron chi connectivity index (χ1n) is 8.13. The number of alkyl halides is 3. The van der Waals surface area contributed by atoms with Crippen LogP contribution >= 0.6 is 11.6 Å². The van der Waals surface area contributed by atoms with E-state index >= 15 is 0 Å². The van der Waals surface area contributed by atoms with Crippen molar-refractivity contribution in [3.05, 3.63) is 48.0 Å². The summed E-state index contributed by atoms with van der Waals surface area (Å²) in [6.45, 7) is -0.941. The lowest BCUT2D eigenvalue weighted by molar-refractivity contribution is -0.139. The van der Waals surface area contributed by atoms with Crippen LogP contribution in [0.4, 0.5) is 13.2 Å². The fourth-order valence-corrected chi connectivity index (χ4v) is 3.55. The molecule has 0 unspecified atom stereocenters. The van der Waals surface area contributed by atoms with Crippen molar-refractivity contribution in [3.8, 4) is 11.1 Å². The molecule has 0 saturated heterocycles. The van der Waals surface area contributed by atoms with Crippen LogP contribution in [0.5, 0.6) is 0 Å². The number of aliphatic hydroxyl groups is 1. The summed E-state index contributed by atoms with van der Waals surface area (Å²) in [5, 5.41) is 14.9. The summed E-state index contributed by atoms with van der Waals surface area (Å²) in [5.41, 5.74) is 1.97. The fraction of sp³-hybridized carbons (Fsp3) is 0.222. The molecule has 0 aliphatic carbocycles. The highest BCUT2D eigenvalue weighted by atomic mass is 35.5. The van der Waals surface area contributed by atoms with E-state index in [-0.39, 0.29) is 6.61 Å². The van der Waals surface area contributed by atoms with Crippen LogP contribution in [0.1, 0.15) is 0 Å². The number of aliphatic hydroxyl groups excluding tert-OH is 1. The van der Waals surface area contributed by atoms with E-state index in [0.717, 1.165) is 0 Å². The molecule has 0 amide bonds. The summed E-state index contributed by atoms with van der Waals surface area (Å²) < 4.78 is 42.6. The summed E-state index contributed by atoms with van der Waals surface area (Å²) in [5.74, 6) is 0. The first-order valence-corrected chi connectivity index (χ1v) is 8.51. The van der Waals surface area contributed by atoms with Crippen molar-refractivity contribution in [2.45, 2.75) is 19.3 Å². The molecule has 3 heterocycles. The van der Waals surface area contributed by atoms with Gasteiger partial charge in [-0.1, -0.05) is 11.6 Å². The van der Waals surface area contributed by atoms with E-state index in [1.54, 1.807) is 36.8 Å². The molecule has 0 atom stereocenters. The highest BCUT2D eigenvalue weighted by Gasteiger charge is 2.30. The molecular weight excluding hydrogens is 381 g/mol. The lowest BCUT2D eigenvalue weighted by atomic mass is 10.0. The molecule has 0 bridgehead atoms. The highest BCUT2D eigenvalue weighted by molar-refractivity contribution is 6.32. The average Bonchev–Trinajstić information content (AvgIpc) is 3.18. The van der Waals surface area contributed by atoms with Gasteiger partial charge in [-0.05, 0) is 18.2 Å². The molecule has 27 heavy (non-hydrogen) atoms. The third kappa shape index (κ3) is 3.26. The van der Waals surface area contributed by atoms with Crippen LogP contribution in [-0.2, 0) is 13.1 Å². The number of aromatic nitrogens is 4. The molecular formula is C18H14ClF3N4O. The fourth-order valence-electron chi connectivity index (χ4n) is 3.34. The maximum Gasteiger partial charge on any atom is 0.406 e. The van der Waals surface area contributed by atoms with Crippen molar-refractivity contribution in [1.82, 2.24) is 19.3 Å². The Balaban J connectivity index is 2.06. The monoisotopic (exact) mass is 394 g/mol. The number of nitrogens with zero attached hydrogens (tertiary/aromatic N) is 4. The van der Waals surface area contributed by atoms with Gasteiger partial charge in [-0.25, -0.2) is 0 Å². The maximum atomic E-state index is 13.3. The minimum Gasteiger partial charge on any atom is -0.394 e. The van der Waals surface area contributed by atoms with E-state index in [1.807, 2.05) is 0 Å². The Morgan fingerprint density at radius 2 is 1.96 bits per heavy atom. The lowest BCUT2D eigenvalue weighted by Gasteiger charge is -2.13. The number of hydrogen-bond donors (Lipinski definition) is 1. The molecule has 4 rings (SSSR count). The first-order chi connectivity index (χ1) is 12.9. The molecule has 0 saturated carbocycles. The number of fused-ring (bicyclic) bond motifs is 3. The number of benzene rings is 1. The third-order valence-corrected chi connectivity index (χ3v) is 4.55. The van der Waals surface area contributed by atoms with Gasteiger partial charge in [0.25, 0.3) is 0 Å². The van der Waals surface area contributed by atoms with Crippen LogP contribution in [-0.4, -0.2) is 37.2 Å². The third-order valence-electron chi connectivity index (χ3n) is 4.34. The van der Waals surface area contributed by atoms with Gasteiger partial charge in [-0.3, -0.25) is 9.67 Å². The van der Waals surface area contributed by atoms with Gasteiger partial charge >= 0.3 is 6.18 Å². The summed E-state index contributed by atoms with van der Waals surface area (Å²) in [4.78, 5) is 3.99. The molecule has 1 aromatic carbocycles. The van der Waals surface area contributed by atoms with Gasteiger partial charge in [0.2, 0.25) is 0 Å². The average molecular weight is 395 g/mol. The maximum absolute atomic E-state index is 13.3. The van der Waals surface area contributed by atoms with E-state index < -0.39 is 12.7 Å². The molecule has 0 fully saturated rings. The zero-order valence-corrected chi connectivity index (χ0v) is 14.7. The topological polar surface area (TPSA) is 55.9 Å². The number of rotatable bonds is 4. The second kappa shape index (κ2) is 6.54. The molecule has 1 N–H and O–H groups in total. The minimum atomic E-state index is -4.40. The van der Waals surface area contributed by atoms with Crippen molar-refractivity contribution in [3.63, 3.8) is 0 Å². The Labute approximate surface area is 156 Å². The molecule has 4 aromatic rings. The van der Waals surface area contributed by atoms with Crippen LogP contribution in [0.3, 0.4) is 0 Å². The van der Waals surface area contributed by atoms with E-state index in [1.165, 1.54) is 15.4 Å². The second-order valence-electron chi connectivity index (χ2n) is 6.16. The Morgan fingerprint density at radius 3 is 2.70 bits per heavy atom. The predicted molar refractivity (Wildman–Crippen MR) is 96.6 cm³/mol. The Bertz CT molecular complexity index is 1130. The molecule has 5 nitrogen and oxygen atoms in total. The SMILES string of the molecule is OCCn1cc(-c2cc(Cl)cc3c4ccncc4n(CC(F)(F)F)c23)cn1. The van der Waals surface area contributed by atoms with Gasteiger partial charge in [0.1, 0.15) is 6.54 Å². The van der Waals surface area contributed by atoms with E-state index in [2.05, 4.69) is 10.1 Å². The van der Waals surface area contributed by atoms with Gasteiger partial charge in [0.05, 0.1) is 36.6 Å². The minimum absolute atomic E-state index is 0.0912. The zero-order valence-electron chi connectivity index (χ0n) is 13.9. The predicted octanol–water partition coefficient (Wildman–Crippen LogP) is 4.26. The van der Waals surface area contributed by atoms with Crippen molar-refractivity contribution in [1.29, 1.82) is 0 Å². The molecule has 3 aromatic heterocycles. The number of pyridine rings is 1. The van der Waals surface area contributed by atoms with Crippen LogP contribution in [0.25, 0.3) is 32.9 Å². The summed E-state index contributed by atoms with van der Waals surface area (Å²) in [7, 11) is 0. The smallest absolute Gasteiger partial charge is 0.394 e. The quantitative estimate of drug-likeness (QED) is 0.562. The van der Waals surface area contributed by atoms with Crippen LogP contribution in [0.2, 0.25) is 5.02 Å². The van der Waals surface area contributed by atoms with Crippen LogP contribution < -0.4 is 0 Å². The summed E-state index contributed by atoms with van der Waals surface area (Å²) >= 11 is 6.27. The van der Waals surface area contributed by atoms with Gasteiger partial charge in [-0.15, -0.1) is 0 Å². The normalized spacial score (nSPS) is 12.3. The molecule has 9 heteroatoms. The van der Waals surface area contributed by atoms with Crippen molar-refractivity contribution in [2.75, 3.05) is 6.61 Å². The Hall–Kier alpha value is -2.58. The molecule has 0 aliphatic heterocycles. The lowest BCUT2D eigenvalue weighted by Crippen LogP contribution is -2.17. The first kappa shape index (κ1) is 17.8. The standard InChI is InChI=1S/C18H14ClF3N4O/c19-12-5-14(11-7-24-25(9-11)3-4-27)17-15(6-12)13-1-2-23-8-16(13)26(17)10-18(20,21)22/h1-2,5-9,27H,3-4,10H2. The van der Waals surface area contributed by atoms with Crippen molar-refractivity contribution >= 4 is 33.4 Å². The van der Waals surface area contributed by atoms with Gasteiger partial charge in [0, 0.05) is 39.3 Å². The van der Waals surface area contributed by atoms with Gasteiger partial charge in [-0.2, -0.15) is 18.3 Å². The highest BCUT2D eigenvalue weighted by Crippen LogP contribution is 2.39. The molecule has 0 aliphatic rings. The van der Waals surface area contributed by atoms with Crippen LogP contribution in [0.15, 0.2) is 43.0 Å².